The van der Waals surface area contributed by atoms with Gasteiger partial charge in [-0.15, -0.1) is 0 Å². The number of amides is 1. The Bertz CT molecular complexity index is 767. The van der Waals surface area contributed by atoms with Crippen molar-refractivity contribution in [1.29, 1.82) is 0 Å². The summed E-state index contributed by atoms with van der Waals surface area (Å²) in [4.78, 5) is 22.5. The molecule has 3 rings (SSSR count). The molecule has 0 saturated heterocycles. The molecule has 0 radical (unpaired) electrons. The van der Waals surface area contributed by atoms with E-state index < -0.39 is 11.7 Å². The fourth-order valence-electron chi connectivity index (χ4n) is 1.92. The molecular formula is C13H9FN4O. The smallest absolute Gasteiger partial charge is 0.253 e. The van der Waals surface area contributed by atoms with Crippen LogP contribution in [0, 0.1) is 5.82 Å². The number of hydrogen-bond acceptors (Lipinski definition) is 3. The fraction of sp³-hybridized carbons (Fsp3) is 0. The van der Waals surface area contributed by atoms with Gasteiger partial charge in [-0.05, 0) is 24.3 Å². The minimum absolute atomic E-state index is 0.205. The summed E-state index contributed by atoms with van der Waals surface area (Å²) >= 11 is 0. The van der Waals surface area contributed by atoms with Crippen molar-refractivity contribution in [2.75, 3.05) is 0 Å². The summed E-state index contributed by atoms with van der Waals surface area (Å²) in [5.74, 6) is -1.01. The molecule has 0 saturated carbocycles. The predicted octanol–water partition coefficient (Wildman–Crippen LogP) is 1.86. The third-order valence-corrected chi connectivity index (χ3v) is 2.79. The molecule has 0 atom stereocenters. The number of carbonyl (C=O) groups is 1. The van der Waals surface area contributed by atoms with Gasteiger partial charge < -0.3 is 10.7 Å². The largest absolute Gasteiger partial charge is 0.365 e. The summed E-state index contributed by atoms with van der Waals surface area (Å²) in [7, 11) is 0. The quantitative estimate of drug-likeness (QED) is 0.734. The number of pyridine rings is 1. The van der Waals surface area contributed by atoms with Gasteiger partial charge in [-0.1, -0.05) is 0 Å². The Hall–Kier alpha value is -2.76. The number of aromatic nitrogens is 3. The number of hydrogen-bond donors (Lipinski definition) is 2. The number of imidazole rings is 1. The summed E-state index contributed by atoms with van der Waals surface area (Å²) in [5.41, 5.74) is 6.50. The second-order valence-electron chi connectivity index (χ2n) is 4.01. The number of nitrogens with zero attached hydrogens (tertiary/aromatic N) is 2. The second-order valence-corrected chi connectivity index (χ2v) is 4.01. The molecule has 1 amide bonds. The monoisotopic (exact) mass is 256 g/mol. The van der Waals surface area contributed by atoms with Crippen molar-refractivity contribution in [2.24, 2.45) is 5.73 Å². The van der Waals surface area contributed by atoms with Gasteiger partial charge >= 0.3 is 0 Å². The molecule has 0 aliphatic heterocycles. The summed E-state index contributed by atoms with van der Waals surface area (Å²) < 4.78 is 13.6. The average molecular weight is 256 g/mol. The van der Waals surface area contributed by atoms with Gasteiger partial charge in [0.1, 0.15) is 22.7 Å². The third kappa shape index (κ3) is 1.83. The standard InChI is InChI=1S/C13H9FN4O/c14-8-3-4-9-11(10(8)12(15)19)18-13(17-9)7-2-1-5-16-6-7/h1-6H,(H2,15,19)(H,17,18). The first-order chi connectivity index (χ1) is 9.16. The van der Waals surface area contributed by atoms with Crippen LogP contribution in [0.2, 0.25) is 0 Å². The Morgan fingerprint density at radius 2 is 2.16 bits per heavy atom. The van der Waals surface area contributed by atoms with Crippen LogP contribution >= 0.6 is 0 Å². The molecule has 0 aliphatic carbocycles. The Balaban J connectivity index is 2.27. The molecule has 1 aromatic carbocycles. The number of nitrogens with one attached hydrogen (secondary N) is 1. The van der Waals surface area contributed by atoms with Crippen molar-refractivity contribution in [1.82, 2.24) is 15.0 Å². The molecule has 2 heterocycles. The maximum atomic E-state index is 13.6. The lowest BCUT2D eigenvalue weighted by molar-refractivity contribution is 0.0998. The van der Waals surface area contributed by atoms with Crippen molar-refractivity contribution in [3.63, 3.8) is 0 Å². The number of nitrogens with two attached hydrogens (primary N) is 1. The average Bonchev–Trinajstić information content (AvgIpc) is 2.83. The lowest BCUT2D eigenvalue weighted by atomic mass is 10.1. The fourth-order valence-corrected chi connectivity index (χ4v) is 1.92. The minimum atomic E-state index is -0.840. The van der Waals surface area contributed by atoms with E-state index in [0.717, 1.165) is 5.56 Å². The molecule has 0 bridgehead atoms. The van der Waals surface area contributed by atoms with Gasteiger partial charge in [0, 0.05) is 18.0 Å². The number of primary amides is 1. The highest BCUT2D eigenvalue weighted by molar-refractivity contribution is 6.04. The van der Waals surface area contributed by atoms with Crippen LogP contribution < -0.4 is 5.73 Å². The topological polar surface area (TPSA) is 84.7 Å². The first kappa shape index (κ1) is 11.3. The van der Waals surface area contributed by atoms with Gasteiger partial charge in [0.15, 0.2) is 0 Å². The predicted molar refractivity (Wildman–Crippen MR) is 67.8 cm³/mol. The SMILES string of the molecule is NC(=O)c1c(F)ccc2[nH]c(-c3cccnc3)nc12. The molecule has 0 spiro atoms. The zero-order valence-corrected chi connectivity index (χ0v) is 9.72. The molecule has 0 aliphatic rings. The molecule has 0 unspecified atom stereocenters. The molecular weight excluding hydrogens is 247 g/mol. The molecule has 6 heteroatoms. The van der Waals surface area contributed by atoms with E-state index in [2.05, 4.69) is 15.0 Å². The Morgan fingerprint density at radius 1 is 1.32 bits per heavy atom. The zero-order chi connectivity index (χ0) is 13.4. The van der Waals surface area contributed by atoms with Crippen molar-refractivity contribution < 1.29 is 9.18 Å². The van der Waals surface area contributed by atoms with E-state index in [9.17, 15) is 9.18 Å². The van der Waals surface area contributed by atoms with Crippen LogP contribution in [-0.2, 0) is 0 Å². The van der Waals surface area contributed by atoms with Crippen molar-refractivity contribution in [3.05, 3.63) is 48.0 Å². The van der Waals surface area contributed by atoms with E-state index in [0.29, 0.717) is 11.3 Å². The van der Waals surface area contributed by atoms with Crippen LogP contribution in [-0.4, -0.2) is 20.9 Å². The highest BCUT2D eigenvalue weighted by atomic mass is 19.1. The van der Waals surface area contributed by atoms with Crippen molar-refractivity contribution in [2.45, 2.75) is 0 Å². The van der Waals surface area contributed by atoms with Gasteiger partial charge in [0.25, 0.3) is 5.91 Å². The number of halogens is 1. The van der Waals surface area contributed by atoms with Gasteiger partial charge in [-0.25, -0.2) is 9.37 Å². The van der Waals surface area contributed by atoms with E-state index >= 15 is 0 Å². The zero-order valence-electron chi connectivity index (χ0n) is 9.72. The van der Waals surface area contributed by atoms with Crippen LogP contribution in [0.5, 0.6) is 0 Å². The summed E-state index contributed by atoms with van der Waals surface area (Å²) in [5, 5.41) is 0. The molecule has 2 aromatic heterocycles. The summed E-state index contributed by atoms with van der Waals surface area (Å²) in [6, 6.07) is 6.28. The number of rotatable bonds is 2. The van der Waals surface area contributed by atoms with E-state index in [4.69, 9.17) is 5.73 Å². The molecule has 3 N–H and O–H groups in total. The maximum Gasteiger partial charge on any atom is 0.253 e. The van der Waals surface area contributed by atoms with E-state index in [1.165, 1.54) is 12.1 Å². The Labute approximate surface area is 107 Å². The number of carbonyl (C=O) groups excluding carboxylic acids is 1. The normalized spacial score (nSPS) is 10.8. The highest BCUT2D eigenvalue weighted by Gasteiger charge is 2.17. The number of benzene rings is 1. The molecule has 3 aromatic rings. The van der Waals surface area contributed by atoms with Crippen LogP contribution in [0.1, 0.15) is 10.4 Å². The van der Waals surface area contributed by atoms with Crippen LogP contribution in [0.3, 0.4) is 0 Å². The van der Waals surface area contributed by atoms with Crippen LogP contribution in [0.25, 0.3) is 22.4 Å². The third-order valence-electron chi connectivity index (χ3n) is 2.79. The second kappa shape index (κ2) is 4.16. The van der Waals surface area contributed by atoms with Gasteiger partial charge in [0.2, 0.25) is 0 Å². The lowest BCUT2D eigenvalue weighted by Gasteiger charge is -1.98. The van der Waals surface area contributed by atoms with Gasteiger partial charge in [0.05, 0.1) is 5.52 Å². The lowest BCUT2D eigenvalue weighted by Crippen LogP contribution is -2.13. The first-order valence-corrected chi connectivity index (χ1v) is 5.55. The van der Waals surface area contributed by atoms with E-state index in [-0.39, 0.29) is 11.1 Å². The molecule has 94 valence electrons. The Kier molecular flexibility index (Phi) is 2.49. The Morgan fingerprint density at radius 3 is 2.84 bits per heavy atom. The first-order valence-electron chi connectivity index (χ1n) is 5.55. The maximum absolute atomic E-state index is 13.6. The van der Waals surface area contributed by atoms with Gasteiger partial charge in [-0.3, -0.25) is 9.78 Å². The van der Waals surface area contributed by atoms with Crippen molar-refractivity contribution >= 4 is 16.9 Å². The molecule has 19 heavy (non-hydrogen) atoms. The van der Waals surface area contributed by atoms with E-state index in [1.807, 2.05) is 6.07 Å². The summed E-state index contributed by atoms with van der Waals surface area (Å²) in [6.07, 6.45) is 3.26. The van der Waals surface area contributed by atoms with Crippen LogP contribution in [0.15, 0.2) is 36.7 Å². The number of fused-ring (bicyclic) bond motifs is 1. The number of H-pyrrole nitrogens is 1. The van der Waals surface area contributed by atoms with Gasteiger partial charge in [-0.2, -0.15) is 0 Å². The molecule has 5 nitrogen and oxygen atoms in total. The van der Waals surface area contributed by atoms with E-state index in [1.54, 1.807) is 18.5 Å². The van der Waals surface area contributed by atoms with Crippen molar-refractivity contribution in [3.8, 4) is 11.4 Å². The van der Waals surface area contributed by atoms with Crippen LogP contribution in [0.4, 0.5) is 4.39 Å². The molecule has 0 fully saturated rings. The summed E-state index contributed by atoms with van der Waals surface area (Å²) in [6.45, 7) is 0. The number of aromatic amines is 1. The highest BCUT2D eigenvalue weighted by Crippen LogP contribution is 2.23. The minimum Gasteiger partial charge on any atom is -0.365 e.